The van der Waals surface area contributed by atoms with Gasteiger partial charge in [-0.15, -0.1) is 12.4 Å². The van der Waals surface area contributed by atoms with Crippen LogP contribution in [0.2, 0.25) is 5.02 Å². The summed E-state index contributed by atoms with van der Waals surface area (Å²) < 4.78 is 52.5. The van der Waals surface area contributed by atoms with Crippen LogP contribution in [0.1, 0.15) is 23.6 Å². The first-order valence-electron chi connectivity index (χ1n) is 6.81. The molecule has 1 atom stereocenters. The normalized spacial score (nSPS) is 17.9. The summed E-state index contributed by atoms with van der Waals surface area (Å²) in [6.07, 6.45) is -4.45. The van der Waals surface area contributed by atoms with Gasteiger partial charge >= 0.3 is 6.18 Å². The molecule has 0 aromatic heterocycles. The molecule has 0 spiro atoms. The number of hydrogen-bond acceptors (Lipinski definition) is 2. The predicted molar refractivity (Wildman–Crippen MR) is 81.5 cm³/mol. The van der Waals surface area contributed by atoms with Crippen LogP contribution in [0.5, 0.6) is 0 Å². The van der Waals surface area contributed by atoms with Gasteiger partial charge in [-0.2, -0.15) is 13.2 Å². The van der Waals surface area contributed by atoms with E-state index in [0.29, 0.717) is 26.2 Å². The Balaban J connectivity index is 0.00000242. The Kier molecular flexibility index (Phi) is 7.38. The second-order valence-electron chi connectivity index (χ2n) is 5.01. The summed E-state index contributed by atoms with van der Waals surface area (Å²) in [5.41, 5.74) is -0.668. The first kappa shape index (κ1) is 19.5. The van der Waals surface area contributed by atoms with Crippen LogP contribution >= 0.6 is 24.0 Å². The summed E-state index contributed by atoms with van der Waals surface area (Å²) in [6.45, 7) is 1.93. The molecule has 1 aliphatic heterocycles. The Morgan fingerprint density at radius 3 is 2.41 bits per heavy atom. The SMILES string of the molecule is Cl.FCC[C@H](c1ccc(Cl)cc1C(F)(F)F)N1CCNCC1. The average molecular weight is 361 g/mol. The van der Waals surface area contributed by atoms with Crippen molar-refractivity contribution in [2.75, 3.05) is 32.9 Å². The van der Waals surface area contributed by atoms with Gasteiger partial charge in [0.25, 0.3) is 0 Å². The molecule has 1 aromatic carbocycles. The van der Waals surface area contributed by atoms with Gasteiger partial charge in [0.05, 0.1) is 12.2 Å². The van der Waals surface area contributed by atoms with Gasteiger partial charge < -0.3 is 5.32 Å². The zero-order valence-corrected chi connectivity index (χ0v) is 13.4. The molecule has 0 unspecified atom stereocenters. The topological polar surface area (TPSA) is 15.3 Å². The molecule has 1 heterocycles. The van der Waals surface area contributed by atoms with Gasteiger partial charge in [-0.3, -0.25) is 9.29 Å². The quantitative estimate of drug-likeness (QED) is 0.813. The van der Waals surface area contributed by atoms with Crippen LogP contribution in [0.25, 0.3) is 0 Å². The minimum Gasteiger partial charge on any atom is -0.314 e. The van der Waals surface area contributed by atoms with Crippen molar-refractivity contribution in [3.63, 3.8) is 0 Å². The lowest BCUT2D eigenvalue weighted by Crippen LogP contribution is -2.45. The van der Waals surface area contributed by atoms with Crippen molar-refractivity contribution >= 4 is 24.0 Å². The van der Waals surface area contributed by atoms with E-state index in [1.807, 2.05) is 4.90 Å². The molecule has 2 nitrogen and oxygen atoms in total. The molecule has 1 aromatic rings. The van der Waals surface area contributed by atoms with E-state index in [1.54, 1.807) is 0 Å². The van der Waals surface area contributed by atoms with Gasteiger partial charge in [-0.1, -0.05) is 17.7 Å². The lowest BCUT2D eigenvalue weighted by atomic mass is 9.96. The molecular weight excluding hydrogens is 343 g/mol. The maximum absolute atomic E-state index is 13.2. The van der Waals surface area contributed by atoms with Crippen molar-refractivity contribution in [3.8, 4) is 0 Å². The molecule has 0 bridgehead atoms. The molecular formula is C14H18Cl2F4N2. The van der Waals surface area contributed by atoms with E-state index >= 15 is 0 Å². The second kappa shape index (κ2) is 8.34. The monoisotopic (exact) mass is 360 g/mol. The molecule has 0 aliphatic carbocycles. The van der Waals surface area contributed by atoms with Crippen LogP contribution in [-0.4, -0.2) is 37.8 Å². The Labute approximate surface area is 138 Å². The fourth-order valence-corrected chi connectivity index (χ4v) is 2.87. The van der Waals surface area contributed by atoms with Crippen LogP contribution in [0.4, 0.5) is 17.6 Å². The Morgan fingerprint density at radius 1 is 1.23 bits per heavy atom. The van der Waals surface area contributed by atoms with Crippen molar-refractivity contribution < 1.29 is 17.6 Å². The zero-order valence-electron chi connectivity index (χ0n) is 11.8. The van der Waals surface area contributed by atoms with E-state index in [1.165, 1.54) is 12.1 Å². The number of hydrogen-bond donors (Lipinski definition) is 1. The van der Waals surface area contributed by atoms with Gasteiger partial charge in [-0.25, -0.2) is 0 Å². The third-order valence-electron chi connectivity index (χ3n) is 3.65. The van der Waals surface area contributed by atoms with Crippen molar-refractivity contribution in [1.29, 1.82) is 0 Å². The number of nitrogens with zero attached hydrogens (tertiary/aromatic N) is 1. The second-order valence-corrected chi connectivity index (χ2v) is 5.45. The fourth-order valence-electron chi connectivity index (χ4n) is 2.70. The molecule has 0 amide bonds. The molecule has 1 saturated heterocycles. The van der Waals surface area contributed by atoms with Crippen molar-refractivity contribution in [2.45, 2.75) is 18.6 Å². The highest BCUT2D eigenvalue weighted by molar-refractivity contribution is 6.30. The van der Waals surface area contributed by atoms with Crippen LogP contribution in [0, 0.1) is 0 Å². The largest absolute Gasteiger partial charge is 0.416 e. The van der Waals surface area contributed by atoms with E-state index in [0.717, 1.165) is 6.07 Å². The highest BCUT2D eigenvalue weighted by Gasteiger charge is 2.37. The number of alkyl halides is 4. The van der Waals surface area contributed by atoms with Crippen molar-refractivity contribution in [1.82, 2.24) is 10.2 Å². The lowest BCUT2D eigenvalue weighted by Gasteiger charge is -2.36. The number of benzene rings is 1. The molecule has 22 heavy (non-hydrogen) atoms. The van der Waals surface area contributed by atoms with Gasteiger partial charge in [0.1, 0.15) is 0 Å². The van der Waals surface area contributed by atoms with Gasteiger partial charge in [0.2, 0.25) is 0 Å². The third-order valence-corrected chi connectivity index (χ3v) is 3.89. The minimum atomic E-state index is -4.50. The zero-order chi connectivity index (χ0) is 15.5. The number of piperazine rings is 1. The Morgan fingerprint density at radius 2 is 1.86 bits per heavy atom. The standard InChI is InChI=1S/C14H17ClF4N2.ClH/c15-10-1-2-11(12(9-10)14(17,18)19)13(3-4-16)21-7-5-20-6-8-21;/h1-2,9,13,20H,3-8H2;1H/t13-;/m1./s1. The van der Waals surface area contributed by atoms with Crippen molar-refractivity contribution in [3.05, 3.63) is 34.3 Å². The summed E-state index contributed by atoms with van der Waals surface area (Å²) in [4.78, 5) is 1.90. The van der Waals surface area contributed by atoms with Gasteiger partial charge in [0, 0.05) is 37.2 Å². The molecule has 2 rings (SSSR count). The first-order chi connectivity index (χ1) is 9.93. The molecule has 8 heteroatoms. The molecule has 1 N–H and O–H groups in total. The highest BCUT2D eigenvalue weighted by Crippen LogP contribution is 2.39. The van der Waals surface area contributed by atoms with E-state index in [9.17, 15) is 17.6 Å². The number of halogens is 6. The van der Waals surface area contributed by atoms with Crippen LogP contribution in [-0.2, 0) is 6.18 Å². The molecule has 126 valence electrons. The fraction of sp³-hybridized carbons (Fsp3) is 0.571. The molecule has 0 saturated carbocycles. The first-order valence-corrected chi connectivity index (χ1v) is 7.18. The van der Waals surface area contributed by atoms with Crippen LogP contribution < -0.4 is 5.32 Å². The highest BCUT2D eigenvalue weighted by atomic mass is 35.5. The molecule has 1 aliphatic rings. The van der Waals surface area contributed by atoms with E-state index in [2.05, 4.69) is 5.32 Å². The van der Waals surface area contributed by atoms with Crippen molar-refractivity contribution in [2.24, 2.45) is 0 Å². The lowest BCUT2D eigenvalue weighted by molar-refractivity contribution is -0.138. The Hall–Kier alpha value is -0.560. The predicted octanol–water partition coefficient (Wildman–Crippen LogP) is 4.09. The average Bonchev–Trinajstić information content (AvgIpc) is 2.45. The van der Waals surface area contributed by atoms with E-state index in [4.69, 9.17) is 11.6 Å². The van der Waals surface area contributed by atoms with E-state index < -0.39 is 24.5 Å². The van der Waals surface area contributed by atoms with Gasteiger partial charge in [-0.05, 0) is 24.1 Å². The smallest absolute Gasteiger partial charge is 0.314 e. The summed E-state index contributed by atoms with van der Waals surface area (Å²) in [6, 6.07) is 3.14. The summed E-state index contributed by atoms with van der Waals surface area (Å²) >= 11 is 5.69. The number of nitrogens with one attached hydrogen (secondary N) is 1. The maximum atomic E-state index is 13.2. The van der Waals surface area contributed by atoms with E-state index in [-0.39, 0.29) is 29.4 Å². The summed E-state index contributed by atoms with van der Waals surface area (Å²) in [5.74, 6) is 0. The number of rotatable bonds is 4. The molecule has 0 radical (unpaired) electrons. The summed E-state index contributed by atoms with van der Waals surface area (Å²) in [7, 11) is 0. The minimum absolute atomic E-state index is 0. The maximum Gasteiger partial charge on any atom is 0.416 e. The Bertz CT molecular complexity index is 476. The molecule has 1 fully saturated rings. The van der Waals surface area contributed by atoms with Crippen LogP contribution in [0.3, 0.4) is 0 Å². The van der Waals surface area contributed by atoms with Crippen LogP contribution in [0.15, 0.2) is 18.2 Å². The van der Waals surface area contributed by atoms with Gasteiger partial charge in [0.15, 0.2) is 0 Å². The summed E-state index contributed by atoms with van der Waals surface area (Å²) in [5, 5.41) is 3.17. The third kappa shape index (κ3) is 4.72.